The molecule has 0 atom stereocenters. The van der Waals surface area contributed by atoms with E-state index in [1.807, 2.05) is 41.8 Å². The summed E-state index contributed by atoms with van der Waals surface area (Å²) in [6, 6.07) is 9.59. The first-order valence-corrected chi connectivity index (χ1v) is 7.34. The Hall–Kier alpha value is -3.15. The number of imidazole rings is 1. The molecule has 6 heteroatoms. The van der Waals surface area contributed by atoms with Gasteiger partial charge in [0.15, 0.2) is 0 Å². The molecule has 0 aliphatic carbocycles. The Bertz CT molecular complexity index is 1040. The molecule has 0 aliphatic heterocycles. The van der Waals surface area contributed by atoms with Crippen LogP contribution >= 0.6 is 0 Å². The van der Waals surface area contributed by atoms with Crippen LogP contribution in [0.3, 0.4) is 0 Å². The van der Waals surface area contributed by atoms with E-state index < -0.39 is 0 Å². The third kappa shape index (κ3) is 2.34. The molecular formula is C17H15N5O. The predicted octanol–water partition coefficient (Wildman–Crippen LogP) is 2.47. The molecule has 0 radical (unpaired) electrons. The van der Waals surface area contributed by atoms with Crippen molar-refractivity contribution < 1.29 is 0 Å². The summed E-state index contributed by atoms with van der Waals surface area (Å²) in [5, 5.41) is 7.91. The lowest BCUT2D eigenvalue weighted by Crippen LogP contribution is -2.13. The van der Waals surface area contributed by atoms with E-state index in [9.17, 15) is 4.79 Å². The van der Waals surface area contributed by atoms with Crippen LogP contribution in [-0.4, -0.2) is 24.7 Å². The second-order valence-electron chi connectivity index (χ2n) is 5.53. The van der Waals surface area contributed by atoms with Gasteiger partial charge >= 0.3 is 0 Å². The van der Waals surface area contributed by atoms with Crippen LogP contribution in [0.25, 0.3) is 22.0 Å². The van der Waals surface area contributed by atoms with Crippen molar-refractivity contribution in [1.82, 2.24) is 24.7 Å². The number of benzene rings is 1. The Morgan fingerprint density at radius 3 is 2.83 bits per heavy atom. The topological polar surface area (TPSA) is 79.4 Å². The second-order valence-corrected chi connectivity index (χ2v) is 5.53. The third-order valence-electron chi connectivity index (χ3n) is 4.01. The zero-order valence-corrected chi connectivity index (χ0v) is 12.6. The summed E-state index contributed by atoms with van der Waals surface area (Å²) in [5.41, 5.74) is 4.23. The standard InChI is InChI=1S/C17H15N5O/c1-11-7-18-10-22(11)9-12-5-6-14(17(23)20-12)13-3-2-4-16-15(13)8-19-21-16/h2-8,10H,9H2,1H3,(H,19,21)(H,20,23). The smallest absolute Gasteiger partial charge is 0.256 e. The van der Waals surface area contributed by atoms with Crippen molar-refractivity contribution >= 4 is 10.9 Å². The highest BCUT2D eigenvalue weighted by Gasteiger charge is 2.09. The fourth-order valence-electron chi connectivity index (χ4n) is 2.76. The molecule has 23 heavy (non-hydrogen) atoms. The van der Waals surface area contributed by atoms with Gasteiger partial charge in [-0.25, -0.2) is 4.98 Å². The van der Waals surface area contributed by atoms with Crippen LogP contribution in [-0.2, 0) is 6.54 Å². The monoisotopic (exact) mass is 305 g/mol. The number of aromatic amines is 2. The molecule has 6 nitrogen and oxygen atoms in total. The number of H-pyrrole nitrogens is 2. The fraction of sp³-hybridized carbons (Fsp3) is 0.118. The van der Waals surface area contributed by atoms with Crippen LogP contribution in [0.2, 0.25) is 0 Å². The maximum absolute atomic E-state index is 12.5. The maximum atomic E-state index is 12.5. The lowest BCUT2D eigenvalue weighted by Gasteiger charge is -2.07. The number of aryl methyl sites for hydroxylation is 1. The average molecular weight is 305 g/mol. The van der Waals surface area contributed by atoms with Crippen molar-refractivity contribution in [2.24, 2.45) is 0 Å². The first kappa shape index (κ1) is 13.5. The van der Waals surface area contributed by atoms with Crippen molar-refractivity contribution in [2.45, 2.75) is 13.5 Å². The Labute approximate surface area is 131 Å². The minimum absolute atomic E-state index is 0.103. The molecule has 4 aromatic rings. The molecule has 0 aliphatic rings. The molecule has 114 valence electrons. The highest BCUT2D eigenvalue weighted by Crippen LogP contribution is 2.24. The molecule has 4 rings (SSSR count). The van der Waals surface area contributed by atoms with Gasteiger partial charge in [-0.05, 0) is 30.7 Å². The van der Waals surface area contributed by atoms with Gasteiger partial charge in [-0.2, -0.15) is 5.10 Å². The van der Waals surface area contributed by atoms with Crippen molar-refractivity contribution in [2.75, 3.05) is 0 Å². The van der Waals surface area contributed by atoms with E-state index in [2.05, 4.69) is 20.2 Å². The van der Waals surface area contributed by atoms with E-state index in [-0.39, 0.29) is 5.56 Å². The summed E-state index contributed by atoms with van der Waals surface area (Å²) in [6.07, 6.45) is 5.30. The number of aromatic nitrogens is 5. The summed E-state index contributed by atoms with van der Waals surface area (Å²) in [7, 11) is 0. The Morgan fingerprint density at radius 2 is 2.04 bits per heavy atom. The summed E-state index contributed by atoms with van der Waals surface area (Å²) in [5.74, 6) is 0. The van der Waals surface area contributed by atoms with Gasteiger partial charge in [-0.1, -0.05) is 12.1 Å². The number of fused-ring (bicyclic) bond motifs is 1. The number of nitrogens with one attached hydrogen (secondary N) is 2. The average Bonchev–Trinajstić information content (AvgIpc) is 3.17. The third-order valence-corrected chi connectivity index (χ3v) is 4.01. The Morgan fingerprint density at radius 1 is 1.13 bits per heavy atom. The predicted molar refractivity (Wildman–Crippen MR) is 88.2 cm³/mol. The van der Waals surface area contributed by atoms with Crippen LogP contribution in [0.4, 0.5) is 0 Å². The number of hydrogen-bond donors (Lipinski definition) is 2. The van der Waals surface area contributed by atoms with E-state index >= 15 is 0 Å². The van der Waals surface area contributed by atoms with E-state index in [0.717, 1.165) is 27.9 Å². The molecule has 0 unspecified atom stereocenters. The van der Waals surface area contributed by atoms with E-state index in [0.29, 0.717) is 12.1 Å². The molecule has 0 spiro atoms. The fourth-order valence-corrected chi connectivity index (χ4v) is 2.76. The van der Waals surface area contributed by atoms with Crippen LogP contribution < -0.4 is 5.56 Å². The maximum Gasteiger partial charge on any atom is 0.256 e. The molecule has 2 N–H and O–H groups in total. The van der Waals surface area contributed by atoms with Crippen LogP contribution in [0.15, 0.2) is 53.8 Å². The van der Waals surface area contributed by atoms with Crippen LogP contribution in [0, 0.1) is 6.92 Å². The molecule has 0 saturated heterocycles. The minimum Gasteiger partial charge on any atom is -0.329 e. The number of nitrogens with zero attached hydrogens (tertiary/aromatic N) is 3. The number of pyridine rings is 1. The van der Waals surface area contributed by atoms with Gasteiger partial charge in [0, 0.05) is 28.5 Å². The normalized spacial score (nSPS) is 11.2. The SMILES string of the molecule is Cc1cncn1Cc1ccc(-c2cccc3[nH]ncc23)c(=O)[nH]1. The molecule has 0 fully saturated rings. The van der Waals surface area contributed by atoms with Gasteiger partial charge in [-0.15, -0.1) is 0 Å². The minimum atomic E-state index is -0.103. The molecular weight excluding hydrogens is 290 g/mol. The molecule has 0 saturated carbocycles. The van der Waals surface area contributed by atoms with Crippen molar-refractivity contribution in [3.8, 4) is 11.1 Å². The summed E-state index contributed by atoms with van der Waals surface area (Å²) >= 11 is 0. The number of hydrogen-bond acceptors (Lipinski definition) is 3. The van der Waals surface area contributed by atoms with Gasteiger partial charge in [0.2, 0.25) is 0 Å². The van der Waals surface area contributed by atoms with Gasteiger partial charge in [0.05, 0.1) is 24.6 Å². The Balaban J connectivity index is 1.75. The van der Waals surface area contributed by atoms with Gasteiger partial charge < -0.3 is 9.55 Å². The summed E-state index contributed by atoms with van der Waals surface area (Å²) in [4.78, 5) is 19.6. The van der Waals surface area contributed by atoms with E-state index in [1.54, 1.807) is 18.7 Å². The molecule has 0 amide bonds. The van der Waals surface area contributed by atoms with E-state index in [4.69, 9.17) is 0 Å². The summed E-state index contributed by atoms with van der Waals surface area (Å²) < 4.78 is 1.99. The van der Waals surface area contributed by atoms with Gasteiger partial charge in [-0.3, -0.25) is 9.89 Å². The second kappa shape index (κ2) is 5.24. The van der Waals surface area contributed by atoms with Crippen molar-refractivity contribution in [3.63, 3.8) is 0 Å². The van der Waals surface area contributed by atoms with Crippen molar-refractivity contribution in [3.05, 3.63) is 70.8 Å². The Kier molecular flexibility index (Phi) is 3.08. The zero-order valence-electron chi connectivity index (χ0n) is 12.6. The number of rotatable bonds is 3. The van der Waals surface area contributed by atoms with Crippen LogP contribution in [0.1, 0.15) is 11.4 Å². The molecule has 3 heterocycles. The molecule has 3 aromatic heterocycles. The zero-order chi connectivity index (χ0) is 15.8. The largest absolute Gasteiger partial charge is 0.329 e. The highest BCUT2D eigenvalue weighted by atomic mass is 16.1. The molecule has 1 aromatic carbocycles. The van der Waals surface area contributed by atoms with E-state index in [1.165, 1.54) is 0 Å². The van der Waals surface area contributed by atoms with Gasteiger partial charge in [0.1, 0.15) is 0 Å². The lowest BCUT2D eigenvalue weighted by molar-refractivity contribution is 0.746. The van der Waals surface area contributed by atoms with Gasteiger partial charge in [0.25, 0.3) is 5.56 Å². The first-order valence-electron chi connectivity index (χ1n) is 7.34. The lowest BCUT2D eigenvalue weighted by atomic mass is 10.0. The quantitative estimate of drug-likeness (QED) is 0.610. The molecule has 0 bridgehead atoms. The summed E-state index contributed by atoms with van der Waals surface area (Å²) in [6.45, 7) is 2.58. The highest BCUT2D eigenvalue weighted by molar-refractivity contribution is 5.93. The van der Waals surface area contributed by atoms with Crippen molar-refractivity contribution in [1.29, 1.82) is 0 Å². The van der Waals surface area contributed by atoms with Crippen LogP contribution in [0.5, 0.6) is 0 Å². The first-order chi connectivity index (χ1) is 11.2.